The number of hydrogen-bond donors (Lipinski definition) is 2. The summed E-state index contributed by atoms with van der Waals surface area (Å²) in [4.78, 5) is 7.93. The lowest BCUT2D eigenvalue weighted by atomic mass is 9.97. The number of allylic oxidation sites excluding steroid dienone is 1. The molecule has 0 unspecified atom stereocenters. The van der Waals surface area contributed by atoms with E-state index in [4.69, 9.17) is 5.73 Å². The Balaban J connectivity index is 1.66. The van der Waals surface area contributed by atoms with Gasteiger partial charge in [-0.15, -0.1) is 0 Å². The van der Waals surface area contributed by atoms with Crippen molar-refractivity contribution in [1.82, 2.24) is 15.3 Å². The third kappa shape index (κ3) is 4.15. The molecule has 1 aromatic rings. The van der Waals surface area contributed by atoms with Crippen molar-refractivity contribution in [3.63, 3.8) is 0 Å². The molecule has 0 saturated carbocycles. The molecule has 17 heavy (non-hydrogen) atoms. The Hall–Kier alpha value is -1.42. The summed E-state index contributed by atoms with van der Waals surface area (Å²) < 4.78 is 0. The van der Waals surface area contributed by atoms with Crippen LogP contribution in [-0.2, 0) is 6.54 Å². The topological polar surface area (TPSA) is 63.8 Å². The van der Waals surface area contributed by atoms with Gasteiger partial charge >= 0.3 is 0 Å². The molecular weight excluding hydrogens is 212 g/mol. The van der Waals surface area contributed by atoms with Crippen molar-refractivity contribution in [2.75, 3.05) is 12.3 Å². The monoisotopic (exact) mass is 232 g/mol. The quantitative estimate of drug-likeness (QED) is 0.602. The summed E-state index contributed by atoms with van der Waals surface area (Å²) in [6, 6.07) is 0. The zero-order valence-corrected chi connectivity index (χ0v) is 10.2. The number of hydrogen-bond acceptors (Lipinski definition) is 4. The van der Waals surface area contributed by atoms with Gasteiger partial charge in [0.25, 0.3) is 0 Å². The molecular formula is C13H20N4. The minimum atomic E-state index is 0.334. The van der Waals surface area contributed by atoms with Gasteiger partial charge in [0.2, 0.25) is 5.95 Å². The van der Waals surface area contributed by atoms with E-state index in [2.05, 4.69) is 21.4 Å². The molecule has 4 heteroatoms. The first kappa shape index (κ1) is 12.0. The van der Waals surface area contributed by atoms with E-state index in [9.17, 15) is 0 Å². The summed E-state index contributed by atoms with van der Waals surface area (Å²) >= 11 is 0. The first-order chi connectivity index (χ1) is 8.34. The van der Waals surface area contributed by atoms with E-state index in [-0.39, 0.29) is 0 Å². The van der Waals surface area contributed by atoms with Gasteiger partial charge in [-0.1, -0.05) is 11.6 Å². The van der Waals surface area contributed by atoms with E-state index in [0.717, 1.165) is 25.1 Å². The van der Waals surface area contributed by atoms with E-state index in [1.165, 1.54) is 25.7 Å². The third-order valence-electron chi connectivity index (χ3n) is 3.06. The van der Waals surface area contributed by atoms with Crippen molar-refractivity contribution in [1.29, 1.82) is 0 Å². The smallest absolute Gasteiger partial charge is 0.219 e. The Labute approximate surface area is 102 Å². The third-order valence-corrected chi connectivity index (χ3v) is 3.06. The average molecular weight is 232 g/mol. The van der Waals surface area contributed by atoms with Crippen molar-refractivity contribution in [2.24, 2.45) is 0 Å². The second kappa shape index (κ2) is 6.35. The molecule has 1 aliphatic rings. The molecule has 1 heterocycles. The standard InChI is InChI=1S/C13H20N4/c14-13-16-9-12(10-17-13)8-15-7-6-11-4-2-1-3-5-11/h4,9-10,15H,1-3,5-8H2,(H2,14,16,17). The van der Waals surface area contributed by atoms with Crippen LogP contribution in [0.5, 0.6) is 0 Å². The van der Waals surface area contributed by atoms with Crippen molar-refractivity contribution in [3.05, 3.63) is 29.6 Å². The van der Waals surface area contributed by atoms with Gasteiger partial charge < -0.3 is 11.1 Å². The predicted octanol–water partition coefficient (Wildman–Crippen LogP) is 2.04. The van der Waals surface area contributed by atoms with Gasteiger partial charge in [-0.25, -0.2) is 9.97 Å². The number of nitrogen functional groups attached to an aromatic ring is 1. The van der Waals surface area contributed by atoms with Crippen molar-refractivity contribution in [2.45, 2.75) is 38.6 Å². The van der Waals surface area contributed by atoms with Gasteiger partial charge in [-0.3, -0.25) is 0 Å². The average Bonchev–Trinajstić information content (AvgIpc) is 2.38. The van der Waals surface area contributed by atoms with Crippen LogP contribution in [-0.4, -0.2) is 16.5 Å². The predicted molar refractivity (Wildman–Crippen MR) is 69.3 cm³/mol. The van der Waals surface area contributed by atoms with E-state index in [1.807, 2.05) is 0 Å². The SMILES string of the molecule is Nc1ncc(CNCCC2=CCCCC2)cn1. The molecule has 0 fully saturated rings. The first-order valence-corrected chi connectivity index (χ1v) is 6.29. The number of anilines is 1. The number of nitrogens with zero attached hydrogens (tertiary/aromatic N) is 2. The molecule has 1 aliphatic carbocycles. The first-order valence-electron chi connectivity index (χ1n) is 6.29. The van der Waals surface area contributed by atoms with Crippen LogP contribution in [0, 0.1) is 0 Å². The summed E-state index contributed by atoms with van der Waals surface area (Å²) in [5.74, 6) is 0.334. The summed E-state index contributed by atoms with van der Waals surface area (Å²) in [5.41, 5.74) is 8.12. The fraction of sp³-hybridized carbons (Fsp3) is 0.538. The minimum Gasteiger partial charge on any atom is -0.368 e. The molecule has 0 bridgehead atoms. The highest BCUT2D eigenvalue weighted by molar-refractivity contribution is 5.17. The molecule has 3 N–H and O–H groups in total. The van der Waals surface area contributed by atoms with Gasteiger partial charge in [0.1, 0.15) is 0 Å². The molecule has 92 valence electrons. The van der Waals surface area contributed by atoms with E-state index >= 15 is 0 Å². The van der Waals surface area contributed by atoms with Gasteiger partial charge in [-0.05, 0) is 38.6 Å². The summed E-state index contributed by atoms with van der Waals surface area (Å²) in [6.45, 7) is 1.84. The Kier molecular flexibility index (Phi) is 4.50. The van der Waals surface area contributed by atoms with Crippen LogP contribution < -0.4 is 11.1 Å². The largest absolute Gasteiger partial charge is 0.368 e. The molecule has 1 aromatic heterocycles. The lowest BCUT2D eigenvalue weighted by Crippen LogP contribution is -2.16. The Bertz CT molecular complexity index is 370. The van der Waals surface area contributed by atoms with Crippen LogP contribution in [0.3, 0.4) is 0 Å². The van der Waals surface area contributed by atoms with Crippen LogP contribution in [0.15, 0.2) is 24.0 Å². The maximum absolute atomic E-state index is 5.43. The van der Waals surface area contributed by atoms with Crippen LogP contribution in [0.25, 0.3) is 0 Å². The Morgan fingerprint density at radius 2 is 2.06 bits per heavy atom. The van der Waals surface area contributed by atoms with Gasteiger partial charge in [0.15, 0.2) is 0 Å². The van der Waals surface area contributed by atoms with E-state index in [0.29, 0.717) is 5.95 Å². The second-order valence-corrected chi connectivity index (χ2v) is 4.48. The fourth-order valence-corrected chi connectivity index (χ4v) is 2.07. The molecule has 0 aliphatic heterocycles. The van der Waals surface area contributed by atoms with Gasteiger partial charge in [-0.2, -0.15) is 0 Å². The number of rotatable bonds is 5. The lowest BCUT2D eigenvalue weighted by molar-refractivity contribution is 0.631. The van der Waals surface area contributed by atoms with Crippen molar-refractivity contribution in [3.8, 4) is 0 Å². The molecule has 0 spiro atoms. The highest BCUT2D eigenvalue weighted by Crippen LogP contribution is 2.19. The maximum Gasteiger partial charge on any atom is 0.219 e. The molecule has 0 atom stereocenters. The van der Waals surface area contributed by atoms with E-state index < -0.39 is 0 Å². The highest BCUT2D eigenvalue weighted by atomic mass is 15.0. The van der Waals surface area contributed by atoms with Gasteiger partial charge in [0, 0.05) is 24.5 Å². The molecule has 0 radical (unpaired) electrons. The molecule has 0 aromatic carbocycles. The summed E-state index contributed by atoms with van der Waals surface area (Å²) in [7, 11) is 0. The van der Waals surface area contributed by atoms with Crippen LogP contribution in [0.4, 0.5) is 5.95 Å². The zero-order valence-electron chi connectivity index (χ0n) is 10.2. The summed E-state index contributed by atoms with van der Waals surface area (Å²) in [5, 5.41) is 3.41. The zero-order chi connectivity index (χ0) is 11.9. The van der Waals surface area contributed by atoms with Crippen LogP contribution in [0.1, 0.15) is 37.7 Å². The molecule has 0 saturated heterocycles. The van der Waals surface area contributed by atoms with Crippen LogP contribution >= 0.6 is 0 Å². The van der Waals surface area contributed by atoms with Gasteiger partial charge in [0.05, 0.1) is 0 Å². The van der Waals surface area contributed by atoms with Crippen molar-refractivity contribution < 1.29 is 0 Å². The Morgan fingerprint density at radius 3 is 2.76 bits per heavy atom. The number of aromatic nitrogens is 2. The summed E-state index contributed by atoms with van der Waals surface area (Å²) in [6.07, 6.45) is 12.4. The second-order valence-electron chi connectivity index (χ2n) is 4.48. The molecule has 4 nitrogen and oxygen atoms in total. The fourth-order valence-electron chi connectivity index (χ4n) is 2.07. The minimum absolute atomic E-state index is 0.334. The maximum atomic E-state index is 5.43. The highest BCUT2D eigenvalue weighted by Gasteiger charge is 2.02. The lowest BCUT2D eigenvalue weighted by Gasteiger charge is -2.12. The Morgan fingerprint density at radius 1 is 1.24 bits per heavy atom. The number of nitrogens with one attached hydrogen (secondary N) is 1. The van der Waals surface area contributed by atoms with Crippen LogP contribution in [0.2, 0.25) is 0 Å². The van der Waals surface area contributed by atoms with E-state index in [1.54, 1.807) is 18.0 Å². The van der Waals surface area contributed by atoms with Crippen molar-refractivity contribution >= 4 is 5.95 Å². The number of nitrogens with two attached hydrogens (primary N) is 1. The molecule has 0 amide bonds. The normalized spacial score (nSPS) is 15.6. The molecule has 2 rings (SSSR count).